The number of nitrogens with one attached hydrogen (secondary N) is 2. The summed E-state index contributed by atoms with van der Waals surface area (Å²) < 4.78 is 5.13. The Labute approximate surface area is 155 Å². The molecule has 0 spiro atoms. The number of aromatic nitrogens is 2. The number of nitrogens with zero attached hydrogens (tertiary/aromatic N) is 2. The number of methoxy groups -OCH3 is 1. The van der Waals surface area contributed by atoms with Crippen LogP contribution in [-0.2, 0) is 0 Å². The molecule has 26 heavy (non-hydrogen) atoms. The van der Waals surface area contributed by atoms with Gasteiger partial charge in [0, 0.05) is 10.5 Å². The van der Waals surface area contributed by atoms with E-state index in [9.17, 15) is 4.79 Å². The van der Waals surface area contributed by atoms with Crippen LogP contribution in [0.2, 0.25) is 0 Å². The van der Waals surface area contributed by atoms with Crippen molar-refractivity contribution < 1.29 is 9.53 Å². The van der Waals surface area contributed by atoms with Gasteiger partial charge in [0.15, 0.2) is 0 Å². The van der Waals surface area contributed by atoms with Crippen molar-refractivity contribution >= 4 is 23.9 Å². The average molecular weight is 366 g/mol. The van der Waals surface area contributed by atoms with Gasteiger partial charge in [0.2, 0.25) is 0 Å². The van der Waals surface area contributed by atoms with Crippen LogP contribution in [0.25, 0.3) is 11.3 Å². The third-order valence-corrected chi connectivity index (χ3v) is 4.45. The van der Waals surface area contributed by atoms with Gasteiger partial charge in [-0.05, 0) is 54.3 Å². The van der Waals surface area contributed by atoms with Crippen molar-refractivity contribution in [1.29, 1.82) is 0 Å². The topological polar surface area (TPSA) is 79.4 Å². The maximum atomic E-state index is 12.2. The van der Waals surface area contributed by atoms with E-state index in [0.717, 1.165) is 16.9 Å². The molecule has 0 atom stereocenters. The molecule has 0 aliphatic rings. The molecule has 132 valence electrons. The molecule has 3 rings (SSSR count). The van der Waals surface area contributed by atoms with Crippen molar-refractivity contribution in [2.75, 3.05) is 13.4 Å². The van der Waals surface area contributed by atoms with Crippen LogP contribution in [0.1, 0.15) is 16.1 Å². The van der Waals surface area contributed by atoms with Crippen LogP contribution in [0.15, 0.2) is 64.6 Å². The first-order valence-corrected chi connectivity index (χ1v) is 9.09. The fraction of sp³-hybridized carbons (Fsp3) is 0.105. The standard InChI is InChI=1S/C19H18N4O2S/c1-25-15-7-5-14(6-8-15)17-11-18(22-21-17)19(24)23-20-12-13-3-9-16(26-2)10-4-13/h3-12H,1-2H3,(H,21,22)(H,23,24)/b20-12-. The van der Waals surface area contributed by atoms with Crippen LogP contribution in [0.4, 0.5) is 0 Å². The number of aromatic amines is 1. The number of hydrogen-bond acceptors (Lipinski definition) is 5. The van der Waals surface area contributed by atoms with Crippen LogP contribution in [-0.4, -0.2) is 35.7 Å². The van der Waals surface area contributed by atoms with E-state index < -0.39 is 0 Å². The summed E-state index contributed by atoms with van der Waals surface area (Å²) in [6.45, 7) is 0. The summed E-state index contributed by atoms with van der Waals surface area (Å²) in [6, 6.07) is 17.0. The predicted octanol–water partition coefficient (Wildman–Crippen LogP) is 3.57. The van der Waals surface area contributed by atoms with E-state index in [-0.39, 0.29) is 5.91 Å². The lowest BCUT2D eigenvalue weighted by Crippen LogP contribution is -2.17. The van der Waals surface area contributed by atoms with E-state index in [1.54, 1.807) is 31.2 Å². The van der Waals surface area contributed by atoms with Gasteiger partial charge in [-0.3, -0.25) is 9.89 Å². The summed E-state index contributed by atoms with van der Waals surface area (Å²) in [4.78, 5) is 13.3. The molecule has 3 aromatic rings. The number of thioether (sulfide) groups is 1. The highest BCUT2D eigenvalue weighted by Gasteiger charge is 2.10. The van der Waals surface area contributed by atoms with Gasteiger partial charge >= 0.3 is 0 Å². The van der Waals surface area contributed by atoms with Crippen LogP contribution in [0.3, 0.4) is 0 Å². The first kappa shape index (κ1) is 17.8. The second-order valence-corrected chi connectivity index (χ2v) is 6.25. The molecule has 0 radical (unpaired) electrons. The number of hydrogen-bond donors (Lipinski definition) is 2. The molecule has 1 aromatic heterocycles. The minimum absolute atomic E-state index is 0.339. The number of rotatable bonds is 6. The fourth-order valence-corrected chi connectivity index (χ4v) is 2.67. The second-order valence-electron chi connectivity index (χ2n) is 5.37. The molecule has 1 amide bonds. The minimum Gasteiger partial charge on any atom is -0.497 e. The van der Waals surface area contributed by atoms with Crippen molar-refractivity contribution in [2.45, 2.75) is 4.90 Å². The number of ether oxygens (including phenoxy) is 1. The Morgan fingerprint density at radius 1 is 1.19 bits per heavy atom. The Bertz CT molecular complexity index is 902. The summed E-state index contributed by atoms with van der Waals surface area (Å²) in [5, 5.41) is 10.9. The molecule has 0 aliphatic carbocycles. The Kier molecular flexibility index (Phi) is 5.70. The maximum absolute atomic E-state index is 12.2. The van der Waals surface area contributed by atoms with E-state index in [1.165, 1.54) is 4.90 Å². The van der Waals surface area contributed by atoms with Gasteiger partial charge in [-0.2, -0.15) is 10.2 Å². The molecule has 0 fully saturated rings. The van der Waals surface area contributed by atoms with E-state index >= 15 is 0 Å². The fourth-order valence-electron chi connectivity index (χ4n) is 2.26. The van der Waals surface area contributed by atoms with Gasteiger partial charge in [-0.15, -0.1) is 11.8 Å². The number of carbonyl (C=O) groups is 1. The van der Waals surface area contributed by atoms with Crippen molar-refractivity contribution in [3.63, 3.8) is 0 Å². The first-order valence-electron chi connectivity index (χ1n) is 7.87. The molecule has 2 aromatic carbocycles. The average Bonchev–Trinajstić information content (AvgIpc) is 3.19. The van der Waals surface area contributed by atoms with Crippen LogP contribution >= 0.6 is 11.8 Å². The van der Waals surface area contributed by atoms with Crippen molar-refractivity contribution in [1.82, 2.24) is 15.6 Å². The van der Waals surface area contributed by atoms with Crippen molar-refractivity contribution in [3.8, 4) is 17.0 Å². The number of carbonyl (C=O) groups excluding carboxylic acids is 1. The molecular weight excluding hydrogens is 348 g/mol. The highest BCUT2D eigenvalue weighted by atomic mass is 32.2. The molecular formula is C19H18N4O2S. The highest BCUT2D eigenvalue weighted by molar-refractivity contribution is 7.98. The summed E-state index contributed by atoms with van der Waals surface area (Å²) in [6.07, 6.45) is 3.62. The quantitative estimate of drug-likeness (QED) is 0.397. The summed E-state index contributed by atoms with van der Waals surface area (Å²) in [5.41, 5.74) is 5.30. The molecule has 0 bridgehead atoms. The van der Waals surface area contributed by atoms with Crippen molar-refractivity contribution in [2.24, 2.45) is 5.10 Å². The lowest BCUT2D eigenvalue weighted by atomic mass is 10.1. The van der Waals surface area contributed by atoms with Crippen LogP contribution in [0.5, 0.6) is 5.75 Å². The van der Waals surface area contributed by atoms with Crippen molar-refractivity contribution in [3.05, 3.63) is 65.9 Å². The second kappa shape index (κ2) is 8.35. The zero-order valence-electron chi connectivity index (χ0n) is 14.4. The molecule has 0 saturated carbocycles. The molecule has 1 heterocycles. The predicted molar refractivity (Wildman–Crippen MR) is 104 cm³/mol. The number of H-pyrrole nitrogens is 1. The Morgan fingerprint density at radius 3 is 2.58 bits per heavy atom. The van der Waals surface area contributed by atoms with E-state index in [0.29, 0.717) is 11.4 Å². The van der Waals surface area contributed by atoms with Gasteiger partial charge < -0.3 is 4.74 Å². The third-order valence-electron chi connectivity index (χ3n) is 3.70. The lowest BCUT2D eigenvalue weighted by Gasteiger charge is -2.00. The summed E-state index contributed by atoms with van der Waals surface area (Å²) in [7, 11) is 1.61. The monoisotopic (exact) mass is 366 g/mol. The van der Waals surface area contributed by atoms with Crippen LogP contribution < -0.4 is 10.2 Å². The van der Waals surface area contributed by atoms with Gasteiger partial charge in [0.25, 0.3) is 5.91 Å². The largest absolute Gasteiger partial charge is 0.497 e. The zero-order valence-corrected chi connectivity index (χ0v) is 15.2. The smallest absolute Gasteiger partial charge is 0.289 e. The normalized spacial score (nSPS) is 10.8. The number of benzene rings is 2. The summed E-state index contributed by atoms with van der Waals surface area (Å²) >= 11 is 1.67. The van der Waals surface area contributed by atoms with Gasteiger partial charge in [-0.1, -0.05) is 12.1 Å². The first-order chi connectivity index (χ1) is 12.7. The van der Waals surface area contributed by atoms with Gasteiger partial charge in [-0.25, -0.2) is 5.43 Å². The molecule has 0 aliphatic heterocycles. The number of amides is 1. The van der Waals surface area contributed by atoms with E-state index in [1.807, 2.05) is 54.8 Å². The molecule has 6 nitrogen and oxygen atoms in total. The third kappa shape index (κ3) is 4.31. The van der Waals surface area contributed by atoms with E-state index in [4.69, 9.17) is 4.74 Å². The molecule has 2 N–H and O–H groups in total. The van der Waals surface area contributed by atoms with Gasteiger partial charge in [0.1, 0.15) is 11.4 Å². The van der Waals surface area contributed by atoms with Crippen LogP contribution in [0, 0.1) is 0 Å². The van der Waals surface area contributed by atoms with Gasteiger partial charge in [0.05, 0.1) is 19.0 Å². The Hall–Kier alpha value is -3.06. The number of hydrazone groups is 1. The molecule has 0 unspecified atom stereocenters. The maximum Gasteiger partial charge on any atom is 0.289 e. The Morgan fingerprint density at radius 2 is 1.92 bits per heavy atom. The zero-order chi connectivity index (χ0) is 18.4. The lowest BCUT2D eigenvalue weighted by molar-refractivity contribution is 0.0950. The SMILES string of the molecule is COc1ccc(-c2cc(C(=O)N/N=C\c3ccc(SC)cc3)[nH]n2)cc1. The molecule has 7 heteroatoms. The highest BCUT2D eigenvalue weighted by Crippen LogP contribution is 2.21. The van der Waals surface area contributed by atoms with E-state index in [2.05, 4.69) is 20.7 Å². The summed E-state index contributed by atoms with van der Waals surface area (Å²) in [5.74, 6) is 0.413. The molecule has 0 saturated heterocycles. The minimum atomic E-state index is -0.353. The Balaban J connectivity index is 1.62.